The van der Waals surface area contributed by atoms with Crippen molar-refractivity contribution in [2.45, 2.75) is 0 Å². The van der Waals surface area contributed by atoms with Gasteiger partial charge in [-0.3, -0.25) is 0 Å². The minimum atomic E-state index is 0.669. The molecule has 0 bridgehead atoms. The van der Waals surface area contributed by atoms with Crippen LogP contribution >= 0.6 is 0 Å². The molecule has 0 saturated heterocycles. The molecule has 0 saturated carbocycles. The smallest absolute Gasteiger partial charge is 0.0415 e. The zero-order valence-corrected chi connectivity index (χ0v) is 7.12. The average molecular weight is 173 g/mol. The van der Waals surface area contributed by atoms with E-state index in [2.05, 4.69) is 0 Å². The lowest BCUT2D eigenvalue weighted by atomic mass is 10.1. The molecule has 0 heterocycles. The summed E-state index contributed by atoms with van der Waals surface area (Å²) in [6.07, 6.45) is 0. The van der Waals surface area contributed by atoms with Gasteiger partial charge in [-0.1, -0.05) is 6.07 Å². The molecule has 2 rings (SSSR count). The van der Waals surface area contributed by atoms with Crippen molar-refractivity contribution in [3.05, 3.63) is 30.3 Å². The number of fused-ring (bicyclic) bond motifs is 1. The molecule has 0 aromatic heterocycles. The predicted molar refractivity (Wildman–Crippen MR) is 57.2 cm³/mol. The van der Waals surface area contributed by atoms with Crippen LogP contribution in [-0.2, 0) is 0 Å². The summed E-state index contributed by atoms with van der Waals surface area (Å²) < 4.78 is 0. The molecule has 0 aliphatic heterocycles. The van der Waals surface area contributed by atoms with E-state index in [9.17, 15) is 0 Å². The van der Waals surface area contributed by atoms with Gasteiger partial charge in [-0.2, -0.15) is 0 Å². The summed E-state index contributed by atoms with van der Waals surface area (Å²) in [4.78, 5) is 0. The van der Waals surface area contributed by atoms with Gasteiger partial charge in [-0.25, -0.2) is 0 Å². The summed E-state index contributed by atoms with van der Waals surface area (Å²) in [6, 6.07) is 9.22. The van der Waals surface area contributed by atoms with Crippen LogP contribution in [0.15, 0.2) is 30.3 Å². The van der Waals surface area contributed by atoms with Crippen LogP contribution in [0.1, 0.15) is 0 Å². The molecule has 0 aliphatic carbocycles. The highest BCUT2D eigenvalue weighted by Gasteiger charge is 1.99. The summed E-state index contributed by atoms with van der Waals surface area (Å²) in [5.41, 5.74) is 19.1. The predicted octanol–water partition coefficient (Wildman–Crippen LogP) is 1.59. The number of rotatable bonds is 0. The van der Waals surface area contributed by atoms with Crippen molar-refractivity contribution in [1.29, 1.82) is 0 Å². The third-order valence-corrected chi connectivity index (χ3v) is 2.03. The largest absolute Gasteiger partial charge is 0.399 e. The number of nitrogen functional groups attached to an aromatic ring is 3. The van der Waals surface area contributed by atoms with Crippen molar-refractivity contribution in [2.75, 3.05) is 17.2 Å². The summed E-state index contributed by atoms with van der Waals surface area (Å²) in [5, 5.41) is 1.97. The topological polar surface area (TPSA) is 78.1 Å². The minimum Gasteiger partial charge on any atom is -0.399 e. The van der Waals surface area contributed by atoms with Gasteiger partial charge >= 0.3 is 0 Å². The first-order chi connectivity index (χ1) is 6.16. The van der Waals surface area contributed by atoms with Gasteiger partial charge in [-0.15, -0.1) is 0 Å². The Balaban J connectivity index is 2.87. The summed E-state index contributed by atoms with van der Waals surface area (Å²) in [5.74, 6) is 0. The average Bonchev–Trinajstić information content (AvgIpc) is 2.06. The van der Waals surface area contributed by atoms with Crippen LogP contribution in [0.5, 0.6) is 0 Å². The molecule has 2 aromatic rings. The first-order valence-corrected chi connectivity index (χ1v) is 4.01. The summed E-state index contributed by atoms with van der Waals surface area (Å²) in [7, 11) is 0. The van der Waals surface area contributed by atoms with Gasteiger partial charge in [0.1, 0.15) is 0 Å². The Bertz CT molecular complexity index is 463. The highest BCUT2D eigenvalue weighted by atomic mass is 14.6. The van der Waals surface area contributed by atoms with Gasteiger partial charge in [0.2, 0.25) is 0 Å². The maximum atomic E-state index is 5.79. The van der Waals surface area contributed by atoms with Gasteiger partial charge in [-0.05, 0) is 29.7 Å². The molecule has 3 heteroatoms. The van der Waals surface area contributed by atoms with E-state index >= 15 is 0 Å². The third kappa shape index (κ3) is 1.24. The van der Waals surface area contributed by atoms with Crippen LogP contribution in [-0.4, -0.2) is 0 Å². The summed E-state index contributed by atoms with van der Waals surface area (Å²) >= 11 is 0. The van der Waals surface area contributed by atoms with Gasteiger partial charge in [0.15, 0.2) is 0 Å². The summed E-state index contributed by atoms with van der Waals surface area (Å²) in [6.45, 7) is 0. The van der Waals surface area contributed by atoms with Gasteiger partial charge in [0.05, 0.1) is 0 Å². The Morgan fingerprint density at radius 3 is 2.31 bits per heavy atom. The first-order valence-electron chi connectivity index (χ1n) is 4.01. The Hall–Kier alpha value is -1.90. The standard InChI is InChI=1S/C10H11N3/c11-7-2-1-6-3-8(12)5-10(13)9(6)4-7/h1-5H,11-13H2. The van der Waals surface area contributed by atoms with Gasteiger partial charge in [0.25, 0.3) is 0 Å². The minimum absolute atomic E-state index is 0.669. The molecular formula is C10H11N3. The van der Waals surface area contributed by atoms with E-state index in [4.69, 9.17) is 17.2 Å². The molecular weight excluding hydrogens is 162 g/mol. The quantitative estimate of drug-likeness (QED) is 0.529. The lowest BCUT2D eigenvalue weighted by Crippen LogP contribution is -1.92. The second-order valence-corrected chi connectivity index (χ2v) is 3.09. The molecule has 3 nitrogen and oxygen atoms in total. The lowest BCUT2D eigenvalue weighted by molar-refractivity contribution is 1.70. The van der Waals surface area contributed by atoms with Crippen molar-refractivity contribution in [1.82, 2.24) is 0 Å². The van der Waals surface area contributed by atoms with Crippen LogP contribution in [0.2, 0.25) is 0 Å². The van der Waals surface area contributed by atoms with Crippen LogP contribution in [0.3, 0.4) is 0 Å². The first kappa shape index (κ1) is 7.73. The van der Waals surface area contributed by atoms with Crippen molar-refractivity contribution in [3.8, 4) is 0 Å². The van der Waals surface area contributed by atoms with Crippen LogP contribution in [0, 0.1) is 0 Å². The monoisotopic (exact) mass is 173 g/mol. The molecule has 0 atom stereocenters. The second kappa shape index (κ2) is 2.55. The van der Waals surface area contributed by atoms with Gasteiger partial charge in [0, 0.05) is 22.4 Å². The van der Waals surface area contributed by atoms with E-state index < -0.39 is 0 Å². The maximum Gasteiger partial charge on any atom is 0.0415 e. The molecule has 13 heavy (non-hydrogen) atoms. The Morgan fingerprint density at radius 1 is 0.769 bits per heavy atom. The van der Waals surface area contributed by atoms with E-state index in [0.29, 0.717) is 17.1 Å². The molecule has 0 amide bonds. The van der Waals surface area contributed by atoms with Crippen molar-refractivity contribution in [3.63, 3.8) is 0 Å². The number of benzene rings is 2. The normalized spacial score (nSPS) is 10.5. The molecule has 0 radical (unpaired) electrons. The SMILES string of the molecule is Nc1cc(N)c2cc(N)ccc2c1. The van der Waals surface area contributed by atoms with Crippen molar-refractivity contribution in [2.24, 2.45) is 0 Å². The van der Waals surface area contributed by atoms with E-state index in [1.807, 2.05) is 24.3 Å². The van der Waals surface area contributed by atoms with E-state index in [1.54, 1.807) is 6.07 Å². The highest BCUT2D eigenvalue weighted by Crippen LogP contribution is 2.26. The van der Waals surface area contributed by atoms with Gasteiger partial charge < -0.3 is 17.2 Å². The molecule has 0 unspecified atom stereocenters. The molecule has 2 aromatic carbocycles. The molecule has 0 spiro atoms. The zero-order valence-electron chi connectivity index (χ0n) is 7.12. The number of hydrogen-bond acceptors (Lipinski definition) is 3. The zero-order chi connectivity index (χ0) is 9.42. The fraction of sp³-hybridized carbons (Fsp3) is 0. The number of nitrogens with two attached hydrogens (primary N) is 3. The van der Waals surface area contributed by atoms with Crippen LogP contribution in [0.4, 0.5) is 17.1 Å². The van der Waals surface area contributed by atoms with E-state index in [-0.39, 0.29) is 0 Å². The maximum absolute atomic E-state index is 5.79. The molecule has 0 aliphatic rings. The fourth-order valence-electron chi connectivity index (χ4n) is 1.43. The fourth-order valence-corrected chi connectivity index (χ4v) is 1.43. The Labute approximate surface area is 76.1 Å². The lowest BCUT2D eigenvalue weighted by Gasteiger charge is -2.04. The Kier molecular flexibility index (Phi) is 1.52. The van der Waals surface area contributed by atoms with Crippen LogP contribution in [0.25, 0.3) is 10.8 Å². The molecule has 6 N–H and O–H groups in total. The third-order valence-electron chi connectivity index (χ3n) is 2.03. The van der Waals surface area contributed by atoms with E-state index in [1.165, 1.54) is 0 Å². The Morgan fingerprint density at radius 2 is 1.54 bits per heavy atom. The number of hydrogen-bond donors (Lipinski definition) is 3. The second-order valence-electron chi connectivity index (χ2n) is 3.09. The van der Waals surface area contributed by atoms with E-state index in [0.717, 1.165) is 10.8 Å². The highest BCUT2D eigenvalue weighted by molar-refractivity contribution is 5.97. The van der Waals surface area contributed by atoms with Crippen molar-refractivity contribution >= 4 is 27.8 Å². The number of anilines is 3. The molecule has 66 valence electrons. The van der Waals surface area contributed by atoms with Crippen LogP contribution < -0.4 is 17.2 Å². The van der Waals surface area contributed by atoms with Crippen molar-refractivity contribution < 1.29 is 0 Å². The molecule has 0 fully saturated rings.